The van der Waals surface area contributed by atoms with Gasteiger partial charge in [0.05, 0.1) is 0 Å². The summed E-state index contributed by atoms with van der Waals surface area (Å²) in [6.07, 6.45) is 0. The Labute approximate surface area is 101 Å². The van der Waals surface area contributed by atoms with Crippen LogP contribution in [0, 0.1) is 19.7 Å². The molecule has 0 amide bonds. The summed E-state index contributed by atoms with van der Waals surface area (Å²) in [7, 11) is 0. The van der Waals surface area contributed by atoms with Gasteiger partial charge >= 0.3 is 0 Å². The van der Waals surface area contributed by atoms with Gasteiger partial charge in [0.15, 0.2) is 0 Å². The molecule has 0 aromatic heterocycles. The maximum Gasteiger partial charge on any atom is 0.131 e. The number of halogens is 1. The van der Waals surface area contributed by atoms with Crippen LogP contribution in [-0.2, 0) is 0 Å². The topological polar surface area (TPSA) is 0 Å². The van der Waals surface area contributed by atoms with E-state index in [9.17, 15) is 4.39 Å². The van der Waals surface area contributed by atoms with Gasteiger partial charge in [-0.25, -0.2) is 4.39 Å². The van der Waals surface area contributed by atoms with Crippen LogP contribution in [0.3, 0.4) is 0 Å². The molecule has 0 radical (unpaired) electrons. The van der Waals surface area contributed by atoms with Crippen LogP contribution in [0.1, 0.15) is 22.3 Å². The first kappa shape index (κ1) is 11.6. The Bertz CT molecular complexity index is 567. The predicted molar refractivity (Wildman–Crippen MR) is 70.5 cm³/mol. The van der Waals surface area contributed by atoms with Crippen molar-refractivity contribution in [2.45, 2.75) is 13.8 Å². The van der Waals surface area contributed by atoms with Crippen molar-refractivity contribution in [3.63, 3.8) is 0 Å². The van der Waals surface area contributed by atoms with Crippen molar-refractivity contribution in [3.8, 4) is 0 Å². The normalized spacial score (nSPS) is 10.3. The SMILES string of the molecule is C=C(c1ccccc1C)c1ccc(C)cc1F. The molecular formula is C16H15F. The van der Waals surface area contributed by atoms with Crippen molar-refractivity contribution in [3.05, 3.63) is 77.1 Å². The van der Waals surface area contributed by atoms with Gasteiger partial charge in [-0.1, -0.05) is 43.0 Å². The Morgan fingerprint density at radius 3 is 2.35 bits per heavy atom. The summed E-state index contributed by atoms with van der Waals surface area (Å²) < 4.78 is 13.9. The van der Waals surface area contributed by atoms with Gasteiger partial charge in [-0.2, -0.15) is 0 Å². The van der Waals surface area contributed by atoms with Crippen molar-refractivity contribution in [2.75, 3.05) is 0 Å². The quantitative estimate of drug-likeness (QED) is 0.707. The zero-order chi connectivity index (χ0) is 12.4. The van der Waals surface area contributed by atoms with Crippen LogP contribution in [0.5, 0.6) is 0 Å². The van der Waals surface area contributed by atoms with Crippen molar-refractivity contribution >= 4 is 5.57 Å². The van der Waals surface area contributed by atoms with Gasteiger partial charge in [-0.05, 0) is 42.2 Å². The summed E-state index contributed by atoms with van der Waals surface area (Å²) in [5.74, 6) is -0.210. The Kier molecular flexibility index (Phi) is 3.10. The predicted octanol–water partition coefficient (Wildman–Crippen LogP) is 4.50. The Morgan fingerprint density at radius 1 is 1.00 bits per heavy atom. The molecule has 0 N–H and O–H groups in total. The molecule has 0 aliphatic rings. The lowest BCUT2D eigenvalue weighted by molar-refractivity contribution is 0.623. The fraction of sp³-hybridized carbons (Fsp3) is 0.125. The minimum absolute atomic E-state index is 0.210. The lowest BCUT2D eigenvalue weighted by Gasteiger charge is -2.10. The largest absolute Gasteiger partial charge is 0.206 e. The van der Waals surface area contributed by atoms with Crippen LogP contribution in [0.25, 0.3) is 5.57 Å². The molecule has 2 rings (SSSR count). The maximum atomic E-state index is 13.9. The van der Waals surface area contributed by atoms with Crippen LogP contribution >= 0.6 is 0 Å². The highest BCUT2D eigenvalue weighted by Gasteiger charge is 2.09. The van der Waals surface area contributed by atoms with Gasteiger partial charge in [0.25, 0.3) is 0 Å². The maximum absolute atomic E-state index is 13.9. The first-order valence-corrected chi connectivity index (χ1v) is 5.61. The zero-order valence-electron chi connectivity index (χ0n) is 10.1. The fourth-order valence-corrected chi connectivity index (χ4v) is 1.92. The molecule has 0 spiro atoms. The van der Waals surface area contributed by atoms with E-state index in [4.69, 9.17) is 0 Å². The Hall–Kier alpha value is -1.89. The number of hydrogen-bond acceptors (Lipinski definition) is 0. The van der Waals surface area contributed by atoms with Gasteiger partial charge in [-0.15, -0.1) is 0 Å². The van der Waals surface area contributed by atoms with E-state index in [0.717, 1.165) is 22.3 Å². The van der Waals surface area contributed by atoms with E-state index >= 15 is 0 Å². The number of aryl methyl sites for hydroxylation is 2. The molecule has 0 fully saturated rings. The van der Waals surface area contributed by atoms with Crippen molar-refractivity contribution < 1.29 is 4.39 Å². The van der Waals surface area contributed by atoms with Crippen molar-refractivity contribution in [1.82, 2.24) is 0 Å². The molecule has 17 heavy (non-hydrogen) atoms. The third-order valence-electron chi connectivity index (χ3n) is 2.92. The molecule has 0 saturated carbocycles. The zero-order valence-corrected chi connectivity index (χ0v) is 10.1. The van der Waals surface area contributed by atoms with Gasteiger partial charge in [-0.3, -0.25) is 0 Å². The highest BCUT2D eigenvalue weighted by Crippen LogP contribution is 2.26. The van der Waals surface area contributed by atoms with Crippen LogP contribution in [0.2, 0.25) is 0 Å². The second-order valence-electron chi connectivity index (χ2n) is 4.28. The molecule has 0 heterocycles. The van der Waals surface area contributed by atoms with E-state index in [1.54, 1.807) is 12.1 Å². The minimum atomic E-state index is -0.210. The Morgan fingerprint density at radius 2 is 1.71 bits per heavy atom. The molecule has 0 atom stereocenters. The summed E-state index contributed by atoms with van der Waals surface area (Å²) in [5.41, 5.74) is 4.34. The highest BCUT2D eigenvalue weighted by molar-refractivity contribution is 5.79. The standard InChI is InChI=1S/C16H15F/c1-11-8-9-15(16(17)10-11)13(3)14-7-5-4-6-12(14)2/h4-10H,3H2,1-2H3. The minimum Gasteiger partial charge on any atom is -0.206 e. The lowest BCUT2D eigenvalue weighted by atomic mass is 9.95. The first-order chi connectivity index (χ1) is 8.09. The van der Waals surface area contributed by atoms with Crippen LogP contribution < -0.4 is 0 Å². The third kappa shape index (κ3) is 2.28. The van der Waals surface area contributed by atoms with Crippen LogP contribution in [-0.4, -0.2) is 0 Å². The molecule has 0 bridgehead atoms. The monoisotopic (exact) mass is 226 g/mol. The number of hydrogen-bond donors (Lipinski definition) is 0. The summed E-state index contributed by atoms with van der Waals surface area (Å²) >= 11 is 0. The molecule has 0 aliphatic carbocycles. The second-order valence-corrected chi connectivity index (χ2v) is 4.28. The van der Waals surface area contributed by atoms with Crippen molar-refractivity contribution in [2.24, 2.45) is 0 Å². The number of rotatable bonds is 2. The van der Waals surface area contributed by atoms with Gasteiger partial charge < -0.3 is 0 Å². The first-order valence-electron chi connectivity index (χ1n) is 5.61. The summed E-state index contributed by atoms with van der Waals surface area (Å²) in [4.78, 5) is 0. The fourth-order valence-electron chi connectivity index (χ4n) is 1.92. The molecule has 86 valence electrons. The second kappa shape index (κ2) is 4.54. The summed E-state index contributed by atoms with van der Waals surface area (Å²) in [6, 6.07) is 13.1. The van der Waals surface area contributed by atoms with Crippen LogP contribution in [0.4, 0.5) is 4.39 Å². The van der Waals surface area contributed by atoms with Crippen LogP contribution in [0.15, 0.2) is 49.0 Å². The smallest absolute Gasteiger partial charge is 0.131 e. The van der Waals surface area contributed by atoms with E-state index in [-0.39, 0.29) is 5.82 Å². The van der Waals surface area contributed by atoms with E-state index < -0.39 is 0 Å². The Balaban J connectivity index is 2.48. The average molecular weight is 226 g/mol. The highest BCUT2D eigenvalue weighted by atomic mass is 19.1. The van der Waals surface area contributed by atoms with E-state index in [1.165, 1.54) is 0 Å². The molecule has 0 unspecified atom stereocenters. The molecule has 0 nitrogen and oxygen atoms in total. The van der Waals surface area contributed by atoms with E-state index in [2.05, 4.69) is 6.58 Å². The third-order valence-corrected chi connectivity index (χ3v) is 2.92. The van der Waals surface area contributed by atoms with Gasteiger partial charge in [0.2, 0.25) is 0 Å². The van der Waals surface area contributed by atoms with Gasteiger partial charge in [0.1, 0.15) is 5.82 Å². The molecule has 0 aliphatic heterocycles. The van der Waals surface area contributed by atoms with Crippen molar-refractivity contribution in [1.29, 1.82) is 0 Å². The average Bonchev–Trinajstić information content (AvgIpc) is 2.29. The van der Waals surface area contributed by atoms with E-state index in [0.29, 0.717) is 5.56 Å². The molecule has 1 heteroatoms. The molecule has 2 aromatic rings. The molecule has 2 aromatic carbocycles. The van der Waals surface area contributed by atoms with Gasteiger partial charge in [0, 0.05) is 5.56 Å². The van der Waals surface area contributed by atoms with E-state index in [1.807, 2.05) is 44.2 Å². The molecule has 0 saturated heterocycles. The lowest BCUT2D eigenvalue weighted by Crippen LogP contribution is -1.93. The summed E-state index contributed by atoms with van der Waals surface area (Å²) in [6.45, 7) is 7.89. The summed E-state index contributed by atoms with van der Waals surface area (Å²) in [5, 5.41) is 0. The number of benzene rings is 2. The molecular weight excluding hydrogens is 211 g/mol.